The molecule has 130 valence electrons. The third-order valence-corrected chi connectivity index (χ3v) is 3.85. The minimum absolute atomic E-state index is 0.00691. The molecule has 3 aromatic carbocycles. The average Bonchev–Trinajstić information content (AvgIpc) is 2.67. The van der Waals surface area contributed by atoms with Gasteiger partial charge in [-0.2, -0.15) is 0 Å². The number of hydrogen-bond acceptors (Lipinski definition) is 5. The molecule has 0 aliphatic rings. The summed E-state index contributed by atoms with van der Waals surface area (Å²) in [5, 5.41) is 15.6. The molecule has 0 aliphatic carbocycles. The number of nitrogens with one attached hydrogen (secondary N) is 1. The number of benzene rings is 3. The van der Waals surface area contributed by atoms with E-state index in [1.165, 1.54) is 6.07 Å². The summed E-state index contributed by atoms with van der Waals surface area (Å²) in [6.07, 6.45) is 0. The Bertz CT molecular complexity index is 1020. The number of anilines is 1. The number of methoxy groups -OCH3 is 1. The summed E-state index contributed by atoms with van der Waals surface area (Å²) in [5.41, 5.74) is 0.132. The molecule has 0 radical (unpaired) electrons. The average molecular weight is 350 g/mol. The van der Waals surface area contributed by atoms with E-state index in [-0.39, 0.29) is 16.8 Å². The van der Waals surface area contributed by atoms with Crippen LogP contribution in [-0.2, 0) is 4.74 Å². The second kappa shape index (κ2) is 7.02. The molecule has 1 amide bonds. The number of rotatable bonds is 4. The Kier molecular flexibility index (Phi) is 4.62. The van der Waals surface area contributed by atoms with Crippen molar-refractivity contribution >= 4 is 34.0 Å². The van der Waals surface area contributed by atoms with E-state index in [1.54, 1.807) is 12.1 Å². The number of carbonyl (C=O) groups excluding carboxylic acids is 2. The maximum atomic E-state index is 12.6. The van der Waals surface area contributed by atoms with Gasteiger partial charge in [-0.15, -0.1) is 0 Å². The van der Waals surface area contributed by atoms with E-state index in [2.05, 4.69) is 10.1 Å². The van der Waals surface area contributed by atoms with Gasteiger partial charge in [0.05, 0.1) is 17.6 Å². The summed E-state index contributed by atoms with van der Waals surface area (Å²) in [6.45, 7) is 0. The quantitative estimate of drug-likeness (QED) is 0.438. The van der Waals surface area contributed by atoms with Crippen molar-refractivity contribution in [1.82, 2.24) is 0 Å². The molecule has 3 rings (SSSR count). The topological polar surface area (TPSA) is 98.5 Å². The van der Waals surface area contributed by atoms with Gasteiger partial charge in [0, 0.05) is 28.8 Å². The molecule has 0 heterocycles. The molecule has 0 saturated heterocycles. The fourth-order valence-electron chi connectivity index (χ4n) is 2.61. The lowest BCUT2D eigenvalue weighted by Gasteiger charge is -2.09. The molecule has 0 unspecified atom stereocenters. The number of esters is 1. The molecule has 0 saturated carbocycles. The van der Waals surface area contributed by atoms with E-state index in [0.29, 0.717) is 5.69 Å². The lowest BCUT2D eigenvalue weighted by molar-refractivity contribution is -0.384. The summed E-state index contributed by atoms with van der Waals surface area (Å²) >= 11 is 0. The van der Waals surface area contributed by atoms with E-state index in [9.17, 15) is 19.7 Å². The molecule has 7 nitrogen and oxygen atoms in total. The number of hydrogen-bond donors (Lipinski definition) is 1. The van der Waals surface area contributed by atoms with Crippen molar-refractivity contribution in [3.05, 3.63) is 81.9 Å². The predicted octanol–water partition coefficient (Wildman–Crippen LogP) is 3.79. The Morgan fingerprint density at radius 2 is 1.69 bits per heavy atom. The maximum absolute atomic E-state index is 12.6. The summed E-state index contributed by atoms with van der Waals surface area (Å²) in [7, 11) is 1.16. The second-order valence-electron chi connectivity index (χ2n) is 5.50. The van der Waals surface area contributed by atoms with Crippen molar-refractivity contribution in [3.63, 3.8) is 0 Å². The van der Waals surface area contributed by atoms with Crippen molar-refractivity contribution in [3.8, 4) is 0 Å². The van der Waals surface area contributed by atoms with E-state index < -0.39 is 16.8 Å². The Labute approximate surface area is 148 Å². The first kappa shape index (κ1) is 17.1. The number of nitro benzene ring substituents is 1. The number of amides is 1. The summed E-state index contributed by atoms with van der Waals surface area (Å²) in [6, 6.07) is 16.4. The first-order valence-electron chi connectivity index (χ1n) is 7.66. The van der Waals surface area contributed by atoms with Crippen LogP contribution in [0, 0.1) is 10.1 Å². The van der Waals surface area contributed by atoms with Gasteiger partial charge in [-0.05, 0) is 17.5 Å². The number of ether oxygens (including phenoxy) is 1. The van der Waals surface area contributed by atoms with Gasteiger partial charge in [-0.3, -0.25) is 14.9 Å². The Hall–Kier alpha value is -3.74. The highest BCUT2D eigenvalue weighted by Gasteiger charge is 2.18. The molecule has 0 aliphatic heterocycles. The minimum Gasteiger partial charge on any atom is -0.465 e. The number of nitro groups is 1. The van der Waals surface area contributed by atoms with Crippen molar-refractivity contribution in [2.45, 2.75) is 0 Å². The van der Waals surface area contributed by atoms with Crippen LogP contribution in [0.3, 0.4) is 0 Å². The number of carbonyl (C=O) groups is 2. The van der Waals surface area contributed by atoms with Crippen LogP contribution in [0.1, 0.15) is 20.7 Å². The first-order chi connectivity index (χ1) is 12.5. The monoisotopic (exact) mass is 350 g/mol. The zero-order chi connectivity index (χ0) is 18.7. The van der Waals surface area contributed by atoms with Crippen LogP contribution >= 0.6 is 0 Å². The highest BCUT2D eigenvalue weighted by Crippen LogP contribution is 2.24. The lowest BCUT2D eigenvalue weighted by atomic mass is 10.1. The van der Waals surface area contributed by atoms with E-state index in [1.807, 2.05) is 30.3 Å². The Balaban J connectivity index is 2.00. The standard InChI is InChI=1S/C19H14N2O5/c1-26-19(23)14-9-13(10-15(11-14)21(24)25)18(22)20-17-8-4-6-12-5-2-3-7-16(12)17/h2-11H,1H3,(H,20,22). The third kappa shape index (κ3) is 3.36. The van der Waals surface area contributed by atoms with Crippen LogP contribution in [0.25, 0.3) is 10.8 Å². The first-order valence-corrected chi connectivity index (χ1v) is 7.66. The van der Waals surface area contributed by atoms with Gasteiger partial charge >= 0.3 is 5.97 Å². The number of fused-ring (bicyclic) bond motifs is 1. The van der Waals surface area contributed by atoms with Crippen molar-refractivity contribution < 1.29 is 19.2 Å². The highest BCUT2D eigenvalue weighted by atomic mass is 16.6. The van der Waals surface area contributed by atoms with Crippen molar-refractivity contribution in [2.75, 3.05) is 12.4 Å². The van der Waals surface area contributed by atoms with Gasteiger partial charge in [-0.1, -0.05) is 36.4 Å². The molecule has 1 N–H and O–H groups in total. The lowest BCUT2D eigenvalue weighted by Crippen LogP contribution is -2.14. The third-order valence-electron chi connectivity index (χ3n) is 3.85. The van der Waals surface area contributed by atoms with Crippen LogP contribution in [0.2, 0.25) is 0 Å². The van der Waals surface area contributed by atoms with Gasteiger partial charge in [0.15, 0.2) is 0 Å². The Morgan fingerprint density at radius 3 is 2.42 bits per heavy atom. The van der Waals surface area contributed by atoms with E-state index in [0.717, 1.165) is 30.0 Å². The van der Waals surface area contributed by atoms with Gasteiger partial charge < -0.3 is 10.1 Å². The second-order valence-corrected chi connectivity index (χ2v) is 5.50. The van der Waals surface area contributed by atoms with Crippen LogP contribution in [0.4, 0.5) is 11.4 Å². The molecule has 0 atom stereocenters. The molecular weight excluding hydrogens is 336 g/mol. The zero-order valence-electron chi connectivity index (χ0n) is 13.8. The normalized spacial score (nSPS) is 10.3. The van der Waals surface area contributed by atoms with Gasteiger partial charge in [0.2, 0.25) is 0 Å². The fraction of sp³-hybridized carbons (Fsp3) is 0.0526. The number of nitrogens with zero attached hydrogens (tertiary/aromatic N) is 1. The molecule has 0 bridgehead atoms. The van der Waals surface area contributed by atoms with E-state index >= 15 is 0 Å². The molecule has 0 aromatic heterocycles. The SMILES string of the molecule is COC(=O)c1cc(C(=O)Nc2cccc3ccccc23)cc([N+](=O)[O-])c1. The summed E-state index contributed by atoms with van der Waals surface area (Å²) < 4.78 is 4.59. The van der Waals surface area contributed by atoms with Crippen LogP contribution < -0.4 is 5.32 Å². The zero-order valence-corrected chi connectivity index (χ0v) is 13.8. The Morgan fingerprint density at radius 1 is 1.00 bits per heavy atom. The minimum atomic E-state index is -0.757. The van der Waals surface area contributed by atoms with E-state index in [4.69, 9.17) is 0 Å². The van der Waals surface area contributed by atoms with Crippen LogP contribution in [-0.4, -0.2) is 23.9 Å². The number of non-ortho nitro benzene ring substituents is 1. The summed E-state index contributed by atoms with van der Waals surface area (Å²) in [4.78, 5) is 34.8. The molecular formula is C19H14N2O5. The van der Waals surface area contributed by atoms with Crippen LogP contribution in [0.5, 0.6) is 0 Å². The predicted molar refractivity (Wildman–Crippen MR) is 96.3 cm³/mol. The molecule has 3 aromatic rings. The van der Waals surface area contributed by atoms with Gasteiger partial charge in [0.25, 0.3) is 11.6 Å². The highest BCUT2D eigenvalue weighted by molar-refractivity contribution is 6.10. The molecule has 26 heavy (non-hydrogen) atoms. The molecule has 7 heteroatoms. The summed E-state index contributed by atoms with van der Waals surface area (Å²) in [5.74, 6) is -1.32. The molecule has 0 spiro atoms. The van der Waals surface area contributed by atoms with Gasteiger partial charge in [-0.25, -0.2) is 4.79 Å². The van der Waals surface area contributed by atoms with Gasteiger partial charge in [0.1, 0.15) is 0 Å². The fourth-order valence-corrected chi connectivity index (χ4v) is 2.61. The maximum Gasteiger partial charge on any atom is 0.338 e. The molecule has 0 fully saturated rings. The van der Waals surface area contributed by atoms with Crippen molar-refractivity contribution in [1.29, 1.82) is 0 Å². The largest absolute Gasteiger partial charge is 0.465 e. The van der Waals surface area contributed by atoms with Crippen LogP contribution in [0.15, 0.2) is 60.7 Å². The van der Waals surface area contributed by atoms with Crippen molar-refractivity contribution in [2.24, 2.45) is 0 Å². The smallest absolute Gasteiger partial charge is 0.338 e.